The molecule has 0 saturated carbocycles. The van der Waals surface area contributed by atoms with Gasteiger partial charge in [-0.15, -0.1) is 13.2 Å². The van der Waals surface area contributed by atoms with E-state index in [9.17, 15) is 18.0 Å². The van der Waals surface area contributed by atoms with E-state index in [1.807, 2.05) is 0 Å². The quantitative estimate of drug-likeness (QED) is 0.789. The summed E-state index contributed by atoms with van der Waals surface area (Å²) in [4.78, 5) is 11.8. The van der Waals surface area contributed by atoms with Crippen molar-refractivity contribution in [3.05, 3.63) is 41.5 Å². The van der Waals surface area contributed by atoms with Gasteiger partial charge in [-0.1, -0.05) is 23.8 Å². The Morgan fingerprint density at radius 1 is 1.26 bits per heavy atom. The third kappa shape index (κ3) is 6.73. The molecule has 0 aliphatic carbocycles. The molecule has 1 amide bonds. The van der Waals surface area contributed by atoms with E-state index < -0.39 is 6.36 Å². The molecule has 1 aliphatic heterocycles. The summed E-state index contributed by atoms with van der Waals surface area (Å²) in [5.41, 5.74) is 2.00. The van der Waals surface area contributed by atoms with Crippen molar-refractivity contribution in [3.63, 3.8) is 0 Å². The number of benzene rings is 1. The first-order valence-corrected chi connectivity index (χ1v) is 7.42. The first kappa shape index (κ1) is 17.3. The van der Waals surface area contributed by atoms with Gasteiger partial charge in [-0.25, -0.2) is 0 Å². The fraction of sp³-hybridized carbons (Fsp3) is 0.438. The zero-order valence-electron chi connectivity index (χ0n) is 12.6. The van der Waals surface area contributed by atoms with Gasteiger partial charge in [0.25, 0.3) is 0 Å². The standard InChI is InChI=1S/C16H19F3N2O2/c17-16(18,19)23-14-4-1-12(2-5-14)3-6-15(22)21-11-13-7-9-20-10-8-13/h1-2,4-5,7,20H,3,6,8-11H2,(H,21,22). The molecule has 0 fully saturated rings. The van der Waals surface area contributed by atoms with Crippen molar-refractivity contribution in [1.82, 2.24) is 10.6 Å². The maximum Gasteiger partial charge on any atom is 0.573 e. The van der Waals surface area contributed by atoms with Crippen molar-refractivity contribution < 1.29 is 22.7 Å². The third-order valence-electron chi connectivity index (χ3n) is 3.47. The van der Waals surface area contributed by atoms with Gasteiger partial charge in [0, 0.05) is 19.5 Å². The zero-order valence-corrected chi connectivity index (χ0v) is 12.6. The van der Waals surface area contributed by atoms with Crippen molar-refractivity contribution >= 4 is 5.91 Å². The van der Waals surface area contributed by atoms with E-state index in [-0.39, 0.29) is 11.7 Å². The Morgan fingerprint density at radius 2 is 2.00 bits per heavy atom. The average molecular weight is 328 g/mol. The van der Waals surface area contributed by atoms with Gasteiger partial charge in [-0.2, -0.15) is 0 Å². The second-order valence-electron chi connectivity index (χ2n) is 5.28. The van der Waals surface area contributed by atoms with Crippen molar-refractivity contribution in [2.75, 3.05) is 19.6 Å². The summed E-state index contributed by atoms with van der Waals surface area (Å²) < 4.78 is 39.9. The van der Waals surface area contributed by atoms with Crippen molar-refractivity contribution in [2.24, 2.45) is 0 Å². The van der Waals surface area contributed by atoms with E-state index in [4.69, 9.17) is 0 Å². The van der Waals surface area contributed by atoms with Crippen LogP contribution < -0.4 is 15.4 Å². The molecular weight excluding hydrogens is 309 g/mol. The monoisotopic (exact) mass is 328 g/mol. The van der Waals surface area contributed by atoms with Crippen LogP contribution in [0.25, 0.3) is 0 Å². The number of carbonyl (C=O) groups is 1. The molecule has 4 nitrogen and oxygen atoms in total. The summed E-state index contributed by atoms with van der Waals surface area (Å²) in [5.74, 6) is -0.330. The van der Waals surface area contributed by atoms with E-state index in [2.05, 4.69) is 21.4 Å². The minimum absolute atomic E-state index is 0.0694. The third-order valence-corrected chi connectivity index (χ3v) is 3.47. The Hall–Kier alpha value is -2.02. The molecule has 0 spiro atoms. The maximum atomic E-state index is 12.1. The van der Waals surface area contributed by atoms with Crippen LogP contribution in [0.5, 0.6) is 5.75 Å². The number of aryl methyl sites for hydroxylation is 1. The fourth-order valence-electron chi connectivity index (χ4n) is 2.25. The van der Waals surface area contributed by atoms with Crippen molar-refractivity contribution in [1.29, 1.82) is 0 Å². The smallest absolute Gasteiger partial charge is 0.406 e. The summed E-state index contributed by atoms with van der Waals surface area (Å²) >= 11 is 0. The normalized spacial score (nSPS) is 15.0. The van der Waals surface area contributed by atoms with Gasteiger partial charge in [0.05, 0.1) is 0 Å². The summed E-state index contributed by atoms with van der Waals surface area (Å²) in [6.45, 7) is 2.31. The first-order chi connectivity index (χ1) is 10.9. The van der Waals surface area contributed by atoms with Crippen molar-refractivity contribution in [3.8, 4) is 5.75 Å². The van der Waals surface area contributed by atoms with Gasteiger partial charge in [0.2, 0.25) is 5.91 Å². The van der Waals surface area contributed by atoms with Crippen LogP contribution >= 0.6 is 0 Å². The Morgan fingerprint density at radius 3 is 2.61 bits per heavy atom. The molecule has 1 aromatic carbocycles. The molecule has 23 heavy (non-hydrogen) atoms. The van der Waals surface area contributed by atoms with Crippen LogP contribution in [0.15, 0.2) is 35.9 Å². The molecule has 0 radical (unpaired) electrons. The number of carbonyl (C=O) groups excluding carboxylic acids is 1. The van der Waals surface area contributed by atoms with Crippen LogP contribution in [0.3, 0.4) is 0 Å². The van der Waals surface area contributed by atoms with Crippen molar-refractivity contribution in [2.45, 2.75) is 25.6 Å². The largest absolute Gasteiger partial charge is 0.573 e. The summed E-state index contributed by atoms with van der Waals surface area (Å²) in [6.07, 6.45) is -0.918. The summed E-state index contributed by atoms with van der Waals surface area (Å²) in [6, 6.07) is 5.56. The van der Waals surface area contributed by atoms with Gasteiger partial charge in [0.1, 0.15) is 5.75 Å². The number of nitrogens with one attached hydrogen (secondary N) is 2. The molecular formula is C16H19F3N2O2. The Labute approximate surface area is 132 Å². The lowest BCUT2D eigenvalue weighted by atomic mass is 10.1. The van der Waals surface area contributed by atoms with Crippen LogP contribution in [0, 0.1) is 0 Å². The number of amides is 1. The number of hydrogen-bond acceptors (Lipinski definition) is 3. The van der Waals surface area contributed by atoms with Gasteiger partial charge < -0.3 is 15.4 Å². The highest BCUT2D eigenvalue weighted by atomic mass is 19.4. The fourth-order valence-corrected chi connectivity index (χ4v) is 2.25. The van der Waals surface area contributed by atoms with E-state index >= 15 is 0 Å². The molecule has 0 saturated heterocycles. The SMILES string of the molecule is O=C(CCc1ccc(OC(F)(F)F)cc1)NCC1=CCNCC1. The Kier molecular flexibility index (Phi) is 6.04. The summed E-state index contributed by atoms with van der Waals surface area (Å²) in [5, 5.41) is 6.05. The zero-order chi connectivity index (χ0) is 16.7. The highest BCUT2D eigenvalue weighted by Crippen LogP contribution is 2.22. The molecule has 1 heterocycles. The van der Waals surface area contributed by atoms with Crippen LogP contribution in [0.4, 0.5) is 13.2 Å². The lowest BCUT2D eigenvalue weighted by Crippen LogP contribution is -2.29. The Balaban J connectivity index is 1.72. The van der Waals surface area contributed by atoms with E-state index in [1.54, 1.807) is 0 Å². The molecule has 2 N–H and O–H groups in total. The number of ether oxygens (including phenoxy) is 1. The van der Waals surface area contributed by atoms with Crippen LogP contribution in [-0.4, -0.2) is 31.9 Å². The van der Waals surface area contributed by atoms with Crippen LogP contribution in [0.2, 0.25) is 0 Å². The number of hydrogen-bond donors (Lipinski definition) is 2. The minimum atomic E-state index is -4.69. The van der Waals surface area contributed by atoms with E-state index in [1.165, 1.54) is 29.8 Å². The highest BCUT2D eigenvalue weighted by Gasteiger charge is 2.30. The molecule has 7 heteroatoms. The first-order valence-electron chi connectivity index (χ1n) is 7.42. The minimum Gasteiger partial charge on any atom is -0.406 e. The molecule has 2 rings (SSSR count). The number of halogens is 3. The lowest BCUT2D eigenvalue weighted by Gasteiger charge is -2.14. The van der Waals surface area contributed by atoms with E-state index in [0.29, 0.717) is 19.4 Å². The topological polar surface area (TPSA) is 50.4 Å². The second kappa shape index (κ2) is 8.01. The molecule has 0 atom stereocenters. The molecule has 1 aliphatic rings. The maximum absolute atomic E-state index is 12.1. The van der Waals surface area contributed by atoms with Gasteiger partial charge >= 0.3 is 6.36 Å². The summed E-state index contributed by atoms with van der Waals surface area (Å²) in [7, 11) is 0. The van der Waals surface area contributed by atoms with E-state index in [0.717, 1.165) is 25.1 Å². The van der Waals surface area contributed by atoms with Crippen LogP contribution in [0.1, 0.15) is 18.4 Å². The Bertz CT molecular complexity index is 553. The average Bonchev–Trinajstić information content (AvgIpc) is 2.52. The van der Waals surface area contributed by atoms with Gasteiger partial charge in [0.15, 0.2) is 0 Å². The van der Waals surface area contributed by atoms with Gasteiger partial charge in [-0.05, 0) is 37.1 Å². The predicted molar refractivity (Wildman–Crippen MR) is 80.0 cm³/mol. The second-order valence-corrected chi connectivity index (χ2v) is 5.28. The molecule has 1 aromatic rings. The lowest BCUT2D eigenvalue weighted by molar-refractivity contribution is -0.274. The molecule has 0 unspecified atom stereocenters. The van der Waals surface area contributed by atoms with Gasteiger partial charge in [-0.3, -0.25) is 4.79 Å². The molecule has 0 bridgehead atoms. The molecule has 0 aromatic heterocycles. The molecule has 126 valence electrons. The number of alkyl halides is 3. The predicted octanol–water partition coefficient (Wildman–Crippen LogP) is 2.55. The van der Waals surface area contributed by atoms with Crippen LogP contribution in [-0.2, 0) is 11.2 Å². The highest BCUT2D eigenvalue weighted by molar-refractivity contribution is 5.76. The number of rotatable bonds is 6.